The molecule has 0 spiro atoms. The number of hydrogen-bond donors (Lipinski definition) is 0. The summed E-state index contributed by atoms with van der Waals surface area (Å²) in [4.78, 5) is 20.5. The molecule has 1 aromatic carbocycles. The number of rotatable bonds is 3. The fourth-order valence-corrected chi connectivity index (χ4v) is 1.98. The third-order valence-electron chi connectivity index (χ3n) is 2.80. The van der Waals surface area contributed by atoms with E-state index < -0.39 is 0 Å². The molecule has 0 unspecified atom stereocenters. The maximum absolute atomic E-state index is 11.8. The maximum atomic E-state index is 11.8. The van der Waals surface area contributed by atoms with E-state index in [1.165, 1.54) is 0 Å². The molecule has 0 aliphatic carbocycles. The molecule has 0 atom stereocenters. The lowest BCUT2D eigenvalue weighted by molar-refractivity contribution is 0.0982. The van der Waals surface area contributed by atoms with Gasteiger partial charge in [0.1, 0.15) is 5.82 Å². The highest BCUT2D eigenvalue weighted by atomic mass is 16.1. The van der Waals surface area contributed by atoms with Gasteiger partial charge in [-0.25, -0.2) is 9.97 Å². The summed E-state index contributed by atoms with van der Waals surface area (Å²) in [5.74, 6) is 0.929. The SMILES string of the molecule is CCCC(=O)c1ccc2c(C)nc(C)nc2c1. The van der Waals surface area contributed by atoms with Crippen molar-refractivity contribution in [3.8, 4) is 0 Å². The third-order valence-corrected chi connectivity index (χ3v) is 2.80. The Balaban J connectivity index is 2.54. The minimum atomic E-state index is 0.184. The number of Topliss-reactive ketones (excluding diaryl/α,β-unsaturated/α-hetero) is 1. The average molecular weight is 228 g/mol. The predicted octanol–water partition coefficient (Wildman–Crippen LogP) is 3.23. The van der Waals surface area contributed by atoms with Gasteiger partial charge in [-0.2, -0.15) is 0 Å². The Kier molecular flexibility index (Phi) is 3.18. The maximum Gasteiger partial charge on any atom is 0.162 e. The Morgan fingerprint density at radius 3 is 2.71 bits per heavy atom. The van der Waals surface area contributed by atoms with E-state index in [9.17, 15) is 4.79 Å². The smallest absolute Gasteiger partial charge is 0.162 e. The fraction of sp³-hybridized carbons (Fsp3) is 0.357. The lowest BCUT2D eigenvalue weighted by Gasteiger charge is -2.05. The second-order valence-corrected chi connectivity index (χ2v) is 4.26. The van der Waals surface area contributed by atoms with E-state index in [1.807, 2.05) is 39.0 Å². The van der Waals surface area contributed by atoms with Crippen molar-refractivity contribution in [3.05, 3.63) is 35.3 Å². The largest absolute Gasteiger partial charge is 0.294 e. The second-order valence-electron chi connectivity index (χ2n) is 4.26. The summed E-state index contributed by atoms with van der Waals surface area (Å²) >= 11 is 0. The molecule has 2 rings (SSSR count). The van der Waals surface area contributed by atoms with E-state index in [-0.39, 0.29) is 5.78 Å². The first kappa shape index (κ1) is 11.7. The lowest BCUT2D eigenvalue weighted by Crippen LogP contribution is -2.00. The van der Waals surface area contributed by atoms with Gasteiger partial charge in [0, 0.05) is 23.1 Å². The topological polar surface area (TPSA) is 42.9 Å². The number of hydrogen-bond acceptors (Lipinski definition) is 3. The minimum absolute atomic E-state index is 0.184. The molecule has 0 saturated carbocycles. The lowest BCUT2D eigenvalue weighted by atomic mass is 10.0. The summed E-state index contributed by atoms with van der Waals surface area (Å²) < 4.78 is 0. The number of benzene rings is 1. The Labute approximate surface area is 101 Å². The summed E-state index contributed by atoms with van der Waals surface area (Å²) in [5.41, 5.74) is 2.57. The monoisotopic (exact) mass is 228 g/mol. The molecule has 1 aromatic heterocycles. The van der Waals surface area contributed by atoms with Crippen molar-refractivity contribution in [1.29, 1.82) is 0 Å². The summed E-state index contributed by atoms with van der Waals surface area (Å²) in [5, 5.41) is 1.02. The van der Waals surface area contributed by atoms with Gasteiger partial charge in [0.25, 0.3) is 0 Å². The molecule has 0 bridgehead atoms. The van der Waals surface area contributed by atoms with Crippen molar-refractivity contribution in [3.63, 3.8) is 0 Å². The van der Waals surface area contributed by atoms with Crippen molar-refractivity contribution in [2.75, 3.05) is 0 Å². The standard InChI is InChI=1S/C14H16N2O/c1-4-5-14(17)11-6-7-12-9(2)15-10(3)16-13(12)8-11/h6-8H,4-5H2,1-3H3. The van der Waals surface area contributed by atoms with E-state index in [2.05, 4.69) is 9.97 Å². The number of fused-ring (bicyclic) bond motifs is 1. The molecule has 0 saturated heterocycles. The van der Waals surface area contributed by atoms with E-state index in [1.54, 1.807) is 0 Å². The van der Waals surface area contributed by atoms with E-state index in [0.29, 0.717) is 6.42 Å². The zero-order valence-electron chi connectivity index (χ0n) is 10.4. The van der Waals surface area contributed by atoms with Crippen LogP contribution in [0.2, 0.25) is 0 Å². The summed E-state index contributed by atoms with van der Waals surface area (Å²) in [6, 6.07) is 5.67. The van der Waals surface area contributed by atoms with Crippen molar-refractivity contribution in [1.82, 2.24) is 9.97 Å². The number of ketones is 1. The highest BCUT2D eigenvalue weighted by molar-refractivity contribution is 5.99. The minimum Gasteiger partial charge on any atom is -0.294 e. The van der Waals surface area contributed by atoms with Crippen molar-refractivity contribution < 1.29 is 4.79 Å². The van der Waals surface area contributed by atoms with E-state index >= 15 is 0 Å². The van der Waals surface area contributed by atoms with Crippen molar-refractivity contribution in [2.45, 2.75) is 33.6 Å². The summed E-state index contributed by atoms with van der Waals surface area (Å²) in [6.07, 6.45) is 1.47. The summed E-state index contributed by atoms with van der Waals surface area (Å²) in [7, 11) is 0. The average Bonchev–Trinajstić information content (AvgIpc) is 2.28. The number of aromatic nitrogens is 2. The van der Waals surface area contributed by atoms with Gasteiger partial charge in [-0.1, -0.05) is 19.1 Å². The van der Waals surface area contributed by atoms with Crippen LogP contribution < -0.4 is 0 Å². The van der Waals surface area contributed by atoms with Gasteiger partial charge in [0.05, 0.1) is 5.52 Å². The van der Waals surface area contributed by atoms with Gasteiger partial charge >= 0.3 is 0 Å². The van der Waals surface area contributed by atoms with Gasteiger partial charge in [0.2, 0.25) is 0 Å². The molecule has 3 nitrogen and oxygen atoms in total. The summed E-state index contributed by atoms with van der Waals surface area (Å²) in [6.45, 7) is 5.84. The van der Waals surface area contributed by atoms with Crippen LogP contribution in [0, 0.1) is 13.8 Å². The number of carbonyl (C=O) groups excluding carboxylic acids is 1. The van der Waals surface area contributed by atoms with Gasteiger partial charge < -0.3 is 0 Å². The molecule has 0 aliphatic heterocycles. The Bertz CT molecular complexity index is 576. The number of nitrogens with zero attached hydrogens (tertiary/aromatic N) is 2. The molecule has 0 aliphatic rings. The van der Waals surface area contributed by atoms with Crippen LogP contribution in [0.5, 0.6) is 0 Å². The zero-order valence-corrected chi connectivity index (χ0v) is 10.4. The molecule has 0 N–H and O–H groups in total. The van der Waals surface area contributed by atoms with Gasteiger partial charge in [-0.05, 0) is 26.3 Å². The van der Waals surface area contributed by atoms with Crippen LogP contribution in [0.1, 0.15) is 41.6 Å². The zero-order chi connectivity index (χ0) is 12.4. The van der Waals surface area contributed by atoms with Crippen LogP contribution >= 0.6 is 0 Å². The molecule has 1 heterocycles. The first-order valence-corrected chi connectivity index (χ1v) is 5.90. The first-order chi connectivity index (χ1) is 8.11. The molecule has 0 amide bonds. The predicted molar refractivity (Wildman–Crippen MR) is 68.3 cm³/mol. The molecular weight excluding hydrogens is 212 g/mol. The van der Waals surface area contributed by atoms with Gasteiger partial charge in [-0.15, -0.1) is 0 Å². The van der Waals surface area contributed by atoms with Gasteiger partial charge in [0.15, 0.2) is 5.78 Å². The quantitative estimate of drug-likeness (QED) is 0.757. The Morgan fingerprint density at radius 1 is 1.24 bits per heavy atom. The van der Waals surface area contributed by atoms with Gasteiger partial charge in [-0.3, -0.25) is 4.79 Å². The Hall–Kier alpha value is -1.77. The molecule has 17 heavy (non-hydrogen) atoms. The van der Waals surface area contributed by atoms with Crippen LogP contribution in [0.15, 0.2) is 18.2 Å². The fourth-order valence-electron chi connectivity index (χ4n) is 1.98. The van der Waals surface area contributed by atoms with Crippen LogP contribution in [-0.2, 0) is 0 Å². The second kappa shape index (κ2) is 4.62. The first-order valence-electron chi connectivity index (χ1n) is 5.90. The highest BCUT2D eigenvalue weighted by Crippen LogP contribution is 2.18. The van der Waals surface area contributed by atoms with Crippen LogP contribution in [-0.4, -0.2) is 15.8 Å². The molecular formula is C14H16N2O. The molecule has 88 valence electrons. The molecule has 0 fully saturated rings. The molecule has 2 aromatic rings. The normalized spacial score (nSPS) is 10.8. The molecule has 3 heteroatoms. The number of aryl methyl sites for hydroxylation is 2. The third kappa shape index (κ3) is 2.33. The van der Waals surface area contributed by atoms with Crippen molar-refractivity contribution in [2.24, 2.45) is 0 Å². The van der Waals surface area contributed by atoms with Crippen LogP contribution in [0.3, 0.4) is 0 Å². The Morgan fingerprint density at radius 2 is 2.00 bits per heavy atom. The highest BCUT2D eigenvalue weighted by Gasteiger charge is 2.08. The van der Waals surface area contributed by atoms with Crippen molar-refractivity contribution >= 4 is 16.7 Å². The van der Waals surface area contributed by atoms with Crippen LogP contribution in [0.25, 0.3) is 10.9 Å². The molecule has 0 radical (unpaired) electrons. The van der Waals surface area contributed by atoms with Crippen LogP contribution in [0.4, 0.5) is 0 Å². The van der Waals surface area contributed by atoms with E-state index in [0.717, 1.165) is 34.4 Å². The van der Waals surface area contributed by atoms with E-state index in [4.69, 9.17) is 0 Å². The number of carbonyl (C=O) groups is 1.